The molecule has 0 amide bonds. The summed E-state index contributed by atoms with van der Waals surface area (Å²) in [6, 6.07) is 6.14. The molecule has 0 saturated carbocycles. The summed E-state index contributed by atoms with van der Waals surface area (Å²) in [7, 11) is 4.17. The molecule has 5 heteroatoms. The topological polar surface area (TPSA) is 58.3 Å². The van der Waals surface area contributed by atoms with Crippen molar-refractivity contribution in [2.24, 2.45) is 0 Å². The first kappa shape index (κ1) is 14.5. The maximum Gasteiger partial charge on any atom is 0.140 e. The molecule has 0 aliphatic heterocycles. The van der Waals surface area contributed by atoms with Gasteiger partial charge in [0.1, 0.15) is 12.1 Å². The lowest BCUT2D eigenvalue weighted by molar-refractivity contribution is 0.372. The van der Waals surface area contributed by atoms with Gasteiger partial charge in [-0.15, -0.1) is 0 Å². The highest BCUT2D eigenvalue weighted by Gasteiger charge is 2.17. The standard InChI is InChI=1S/C15H23N5/c1-5-20(11(2)9-19(3)4)15-13-8-12(16)6-7-14(13)17-10-18-15/h6-8,10-11H,5,9,16H2,1-4H3. The lowest BCUT2D eigenvalue weighted by atomic mass is 10.1. The van der Waals surface area contributed by atoms with E-state index in [0.717, 1.165) is 35.5 Å². The quantitative estimate of drug-likeness (QED) is 0.844. The third kappa shape index (κ3) is 2.99. The maximum atomic E-state index is 5.91. The Kier molecular flexibility index (Phi) is 4.39. The Morgan fingerprint density at radius 3 is 2.65 bits per heavy atom. The number of likely N-dealkylation sites (N-methyl/N-ethyl adjacent to an activating group) is 2. The zero-order valence-electron chi connectivity index (χ0n) is 12.7. The number of nitrogens with zero attached hydrogens (tertiary/aromatic N) is 4. The Balaban J connectivity index is 2.46. The van der Waals surface area contributed by atoms with Crippen LogP contribution in [-0.2, 0) is 0 Å². The molecule has 1 atom stereocenters. The number of hydrogen-bond acceptors (Lipinski definition) is 5. The van der Waals surface area contributed by atoms with E-state index in [9.17, 15) is 0 Å². The Morgan fingerprint density at radius 1 is 1.25 bits per heavy atom. The Bertz CT molecular complexity index is 581. The van der Waals surface area contributed by atoms with Gasteiger partial charge >= 0.3 is 0 Å². The van der Waals surface area contributed by atoms with E-state index in [1.165, 1.54) is 0 Å². The molecule has 0 aliphatic rings. The van der Waals surface area contributed by atoms with Crippen LogP contribution in [0.2, 0.25) is 0 Å². The van der Waals surface area contributed by atoms with Gasteiger partial charge in [0, 0.05) is 30.2 Å². The van der Waals surface area contributed by atoms with Gasteiger partial charge in [-0.1, -0.05) is 0 Å². The van der Waals surface area contributed by atoms with Gasteiger partial charge in [-0.25, -0.2) is 9.97 Å². The third-order valence-electron chi connectivity index (χ3n) is 3.41. The average Bonchev–Trinajstić information content (AvgIpc) is 2.39. The third-order valence-corrected chi connectivity index (χ3v) is 3.41. The number of fused-ring (bicyclic) bond motifs is 1. The predicted molar refractivity (Wildman–Crippen MR) is 85.0 cm³/mol. The number of benzene rings is 1. The molecule has 2 N–H and O–H groups in total. The van der Waals surface area contributed by atoms with Crippen LogP contribution >= 0.6 is 0 Å². The molecule has 2 rings (SSSR count). The van der Waals surface area contributed by atoms with E-state index in [4.69, 9.17) is 5.73 Å². The molecule has 0 radical (unpaired) electrons. The summed E-state index contributed by atoms with van der Waals surface area (Å²) in [6.07, 6.45) is 1.62. The molecular weight excluding hydrogens is 250 g/mol. The molecule has 2 aromatic rings. The van der Waals surface area contributed by atoms with Crippen LogP contribution in [0, 0.1) is 0 Å². The summed E-state index contributed by atoms with van der Waals surface area (Å²) in [4.78, 5) is 13.3. The van der Waals surface area contributed by atoms with Crippen LogP contribution in [0.3, 0.4) is 0 Å². The van der Waals surface area contributed by atoms with Crippen LogP contribution in [0.4, 0.5) is 11.5 Å². The molecule has 5 nitrogen and oxygen atoms in total. The van der Waals surface area contributed by atoms with Crippen molar-refractivity contribution >= 4 is 22.4 Å². The van der Waals surface area contributed by atoms with E-state index in [1.807, 2.05) is 18.2 Å². The van der Waals surface area contributed by atoms with Crippen LogP contribution in [0.1, 0.15) is 13.8 Å². The monoisotopic (exact) mass is 273 g/mol. The number of nitrogen functional groups attached to an aromatic ring is 1. The second-order valence-electron chi connectivity index (χ2n) is 5.37. The molecule has 1 unspecified atom stereocenters. The first-order valence-corrected chi connectivity index (χ1v) is 6.94. The highest BCUT2D eigenvalue weighted by atomic mass is 15.2. The summed E-state index contributed by atoms with van der Waals surface area (Å²) in [6.45, 7) is 6.23. The molecule has 0 bridgehead atoms. The van der Waals surface area contributed by atoms with Gasteiger partial charge in [0.15, 0.2) is 0 Å². The number of hydrogen-bond donors (Lipinski definition) is 1. The van der Waals surface area contributed by atoms with E-state index in [0.29, 0.717) is 6.04 Å². The minimum Gasteiger partial charge on any atom is -0.399 e. The highest BCUT2D eigenvalue weighted by molar-refractivity contribution is 5.91. The van der Waals surface area contributed by atoms with Gasteiger partial charge in [-0.2, -0.15) is 0 Å². The number of rotatable bonds is 5. The van der Waals surface area contributed by atoms with E-state index in [2.05, 4.69) is 47.7 Å². The second-order valence-corrected chi connectivity index (χ2v) is 5.37. The molecule has 0 fully saturated rings. The van der Waals surface area contributed by atoms with Crippen molar-refractivity contribution in [2.75, 3.05) is 37.8 Å². The van der Waals surface area contributed by atoms with Gasteiger partial charge in [-0.05, 0) is 46.1 Å². The van der Waals surface area contributed by atoms with Crippen molar-refractivity contribution < 1.29 is 0 Å². The van der Waals surface area contributed by atoms with Gasteiger partial charge in [0.05, 0.1) is 5.52 Å². The average molecular weight is 273 g/mol. The van der Waals surface area contributed by atoms with Crippen LogP contribution < -0.4 is 10.6 Å². The maximum absolute atomic E-state index is 5.91. The highest BCUT2D eigenvalue weighted by Crippen LogP contribution is 2.26. The molecule has 1 heterocycles. The lowest BCUT2D eigenvalue weighted by Gasteiger charge is -2.31. The SMILES string of the molecule is CCN(c1ncnc2ccc(N)cc12)C(C)CN(C)C. The van der Waals surface area contributed by atoms with Crippen molar-refractivity contribution in [1.29, 1.82) is 0 Å². The number of nitrogens with two attached hydrogens (primary N) is 1. The molecule has 0 aliphatic carbocycles. The summed E-state index contributed by atoms with van der Waals surface area (Å²) < 4.78 is 0. The number of anilines is 2. The van der Waals surface area contributed by atoms with Crippen molar-refractivity contribution in [1.82, 2.24) is 14.9 Å². The summed E-state index contributed by atoms with van der Waals surface area (Å²) in [5, 5.41) is 1.01. The van der Waals surface area contributed by atoms with Gasteiger partial charge in [0.2, 0.25) is 0 Å². The fourth-order valence-electron chi connectivity index (χ4n) is 2.59. The minimum absolute atomic E-state index is 0.370. The summed E-state index contributed by atoms with van der Waals surface area (Å²) >= 11 is 0. The molecule has 1 aromatic heterocycles. The predicted octanol–water partition coefficient (Wildman–Crippen LogP) is 1.99. The zero-order chi connectivity index (χ0) is 14.7. The Labute approximate surface area is 120 Å². The van der Waals surface area contributed by atoms with Gasteiger partial charge < -0.3 is 15.5 Å². The fraction of sp³-hybridized carbons (Fsp3) is 0.467. The van der Waals surface area contributed by atoms with Crippen LogP contribution in [0.25, 0.3) is 10.9 Å². The van der Waals surface area contributed by atoms with E-state index >= 15 is 0 Å². The largest absolute Gasteiger partial charge is 0.399 e. The van der Waals surface area contributed by atoms with Gasteiger partial charge in [0.25, 0.3) is 0 Å². The summed E-state index contributed by atoms with van der Waals surface area (Å²) in [5.74, 6) is 0.958. The van der Waals surface area contributed by atoms with Crippen LogP contribution in [0.5, 0.6) is 0 Å². The molecule has 0 saturated heterocycles. The first-order valence-electron chi connectivity index (χ1n) is 6.94. The van der Waals surface area contributed by atoms with Crippen LogP contribution in [0.15, 0.2) is 24.5 Å². The molecule has 20 heavy (non-hydrogen) atoms. The van der Waals surface area contributed by atoms with Crippen molar-refractivity contribution in [3.05, 3.63) is 24.5 Å². The van der Waals surface area contributed by atoms with E-state index in [-0.39, 0.29) is 0 Å². The fourth-order valence-corrected chi connectivity index (χ4v) is 2.59. The minimum atomic E-state index is 0.370. The summed E-state index contributed by atoms with van der Waals surface area (Å²) in [5.41, 5.74) is 7.58. The second kappa shape index (κ2) is 6.05. The zero-order valence-corrected chi connectivity index (χ0v) is 12.7. The molecular formula is C15H23N5. The molecule has 108 valence electrons. The van der Waals surface area contributed by atoms with Crippen molar-refractivity contribution in [2.45, 2.75) is 19.9 Å². The van der Waals surface area contributed by atoms with Gasteiger partial charge in [-0.3, -0.25) is 0 Å². The van der Waals surface area contributed by atoms with Crippen molar-refractivity contribution in [3.8, 4) is 0 Å². The Morgan fingerprint density at radius 2 is 2.00 bits per heavy atom. The number of aromatic nitrogens is 2. The molecule has 0 spiro atoms. The smallest absolute Gasteiger partial charge is 0.140 e. The first-order chi connectivity index (χ1) is 9.52. The van der Waals surface area contributed by atoms with Crippen molar-refractivity contribution in [3.63, 3.8) is 0 Å². The molecule has 1 aromatic carbocycles. The lowest BCUT2D eigenvalue weighted by Crippen LogP contribution is -2.40. The Hall–Kier alpha value is -1.88. The van der Waals surface area contributed by atoms with E-state index < -0.39 is 0 Å². The van der Waals surface area contributed by atoms with E-state index in [1.54, 1.807) is 6.33 Å². The van der Waals surface area contributed by atoms with Crippen LogP contribution in [-0.4, -0.2) is 48.1 Å². The normalized spacial score (nSPS) is 12.8.